The highest BCUT2D eigenvalue weighted by atomic mass is 16.3. The van der Waals surface area contributed by atoms with Crippen molar-refractivity contribution < 1.29 is 5.11 Å². The van der Waals surface area contributed by atoms with Crippen LogP contribution >= 0.6 is 0 Å². The quantitative estimate of drug-likeness (QED) is 0.485. The number of nitrogens with zero attached hydrogens (tertiary/aromatic N) is 3. The Morgan fingerprint density at radius 3 is 2.80 bits per heavy atom. The summed E-state index contributed by atoms with van der Waals surface area (Å²) in [5.74, 6) is 6.64. The van der Waals surface area contributed by atoms with Crippen molar-refractivity contribution in [1.82, 2.24) is 14.4 Å². The lowest BCUT2D eigenvalue weighted by Gasteiger charge is -2.31. The van der Waals surface area contributed by atoms with Gasteiger partial charge >= 0.3 is 0 Å². The van der Waals surface area contributed by atoms with Crippen LogP contribution in [0.3, 0.4) is 0 Å². The minimum Gasteiger partial charge on any atom is -0.396 e. The van der Waals surface area contributed by atoms with Gasteiger partial charge in [0.1, 0.15) is 0 Å². The Hall–Kier alpha value is -1.86. The summed E-state index contributed by atoms with van der Waals surface area (Å²) in [5.41, 5.74) is 3.26. The number of aromatic nitrogens is 3. The second-order valence-electron chi connectivity index (χ2n) is 5.85. The molecule has 0 radical (unpaired) electrons. The predicted octanol–water partition coefficient (Wildman–Crippen LogP) is 1.22. The van der Waals surface area contributed by atoms with Crippen molar-refractivity contribution in [2.75, 3.05) is 17.3 Å². The maximum atomic E-state index is 9.24. The molecule has 7 nitrogen and oxygen atoms in total. The van der Waals surface area contributed by atoms with Crippen molar-refractivity contribution in [3.05, 3.63) is 18.6 Å². The van der Waals surface area contributed by atoms with Gasteiger partial charge in [-0.05, 0) is 11.8 Å². The number of rotatable bonds is 5. The summed E-state index contributed by atoms with van der Waals surface area (Å²) in [4.78, 5) is 8.71. The van der Waals surface area contributed by atoms with E-state index in [-0.39, 0.29) is 18.1 Å². The fraction of sp³-hybridized carbons (Fsp3) is 0.538. The average molecular weight is 278 g/mol. The zero-order chi connectivity index (χ0) is 14.8. The van der Waals surface area contributed by atoms with Crippen molar-refractivity contribution in [3.8, 4) is 0 Å². The zero-order valence-electron chi connectivity index (χ0n) is 12.1. The van der Waals surface area contributed by atoms with E-state index in [0.29, 0.717) is 18.1 Å². The molecular weight excluding hydrogens is 256 g/mol. The van der Waals surface area contributed by atoms with Gasteiger partial charge in [-0.2, -0.15) is 0 Å². The number of aliphatic hydroxyl groups excluding tert-OH is 1. The smallest absolute Gasteiger partial charge is 0.180 e. The van der Waals surface area contributed by atoms with E-state index in [1.165, 1.54) is 0 Å². The molecule has 0 aliphatic heterocycles. The first kappa shape index (κ1) is 14.5. The summed E-state index contributed by atoms with van der Waals surface area (Å²) in [6, 6.07) is 0.0773. The largest absolute Gasteiger partial charge is 0.396 e. The monoisotopic (exact) mass is 278 g/mol. The summed E-state index contributed by atoms with van der Waals surface area (Å²) in [6.45, 7) is 6.48. The molecule has 0 amide bonds. The molecule has 110 valence electrons. The Morgan fingerprint density at radius 1 is 1.45 bits per heavy atom. The summed E-state index contributed by atoms with van der Waals surface area (Å²) < 4.78 is 1.85. The second-order valence-corrected chi connectivity index (χ2v) is 5.85. The molecule has 2 aromatic rings. The van der Waals surface area contributed by atoms with E-state index < -0.39 is 0 Å². The molecule has 0 fully saturated rings. The molecule has 2 rings (SSSR count). The molecule has 5 N–H and O–H groups in total. The molecule has 0 aliphatic rings. The second kappa shape index (κ2) is 5.64. The molecule has 0 aromatic carbocycles. The summed E-state index contributed by atoms with van der Waals surface area (Å²) in [5, 5.41) is 12.6. The minimum atomic E-state index is -0.0137. The van der Waals surface area contributed by atoms with Gasteiger partial charge in [0.05, 0.1) is 6.20 Å². The Balaban J connectivity index is 2.38. The molecular formula is C13H22N6O. The van der Waals surface area contributed by atoms with Crippen LogP contribution in [0, 0.1) is 5.41 Å². The van der Waals surface area contributed by atoms with E-state index in [0.717, 1.165) is 5.65 Å². The van der Waals surface area contributed by atoms with Crippen LogP contribution in [-0.2, 0) is 0 Å². The number of hydrogen-bond acceptors (Lipinski definition) is 6. The van der Waals surface area contributed by atoms with Gasteiger partial charge in [-0.3, -0.25) is 0 Å². The Labute approximate surface area is 118 Å². The summed E-state index contributed by atoms with van der Waals surface area (Å²) >= 11 is 0. The number of imidazole rings is 1. The normalized spacial score (nSPS) is 13.4. The topological polar surface area (TPSA) is 100 Å². The number of nitrogens with one attached hydrogen (secondary N) is 2. The highest BCUT2D eigenvalue weighted by molar-refractivity contribution is 5.65. The summed E-state index contributed by atoms with van der Waals surface area (Å²) in [6.07, 6.45) is 5.95. The molecule has 2 heterocycles. The van der Waals surface area contributed by atoms with Crippen molar-refractivity contribution >= 4 is 17.3 Å². The maximum Gasteiger partial charge on any atom is 0.180 e. The first-order valence-electron chi connectivity index (χ1n) is 6.63. The van der Waals surface area contributed by atoms with E-state index in [4.69, 9.17) is 5.84 Å². The van der Waals surface area contributed by atoms with Gasteiger partial charge in [0.15, 0.2) is 17.3 Å². The van der Waals surface area contributed by atoms with Gasteiger partial charge in [-0.25, -0.2) is 15.8 Å². The van der Waals surface area contributed by atoms with E-state index >= 15 is 0 Å². The SMILES string of the molecule is CC(C)(C)C(CCO)Nc1nc(NN)cn2ccnc12. The van der Waals surface area contributed by atoms with E-state index in [1.807, 2.05) is 10.6 Å². The van der Waals surface area contributed by atoms with E-state index in [2.05, 4.69) is 41.5 Å². The molecule has 1 atom stereocenters. The maximum absolute atomic E-state index is 9.24. The van der Waals surface area contributed by atoms with Crippen LogP contribution in [-0.4, -0.2) is 32.1 Å². The molecule has 7 heteroatoms. The number of anilines is 2. The van der Waals surface area contributed by atoms with Gasteiger partial charge in [-0.15, -0.1) is 0 Å². The van der Waals surface area contributed by atoms with Gasteiger partial charge in [0.2, 0.25) is 0 Å². The molecule has 20 heavy (non-hydrogen) atoms. The van der Waals surface area contributed by atoms with Gasteiger partial charge < -0.3 is 20.2 Å². The van der Waals surface area contributed by atoms with Crippen LogP contribution in [0.2, 0.25) is 0 Å². The van der Waals surface area contributed by atoms with Crippen LogP contribution < -0.4 is 16.6 Å². The molecule has 0 aliphatic carbocycles. The molecule has 2 aromatic heterocycles. The Morgan fingerprint density at radius 2 is 2.20 bits per heavy atom. The highest BCUT2D eigenvalue weighted by Gasteiger charge is 2.25. The van der Waals surface area contributed by atoms with E-state index in [1.54, 1.807) is 12.4 Å². The summed E-state index contributed by atoms with van der Waals surface area (Å²) in [7, 11) is 0. The molecule has 1 unspecified atom stereocenters. The van der Waals surface area contributed by atoms with Crippen LogP contribution in [0.15, 0.2) is 18.6 Å². The first-order chi connectivity index (χ1) is 9.45. The van der Waals surface area contributed by atoms with Crippen molar-refractivity contribution in [1.29, 1.82) is 0 Å². The molecule has 0 bridgehead atoms. The van der Waals surface area contributed by atoms with Gasteiger partial charge in [0.25, 0.3) is 0 Å². The van der Waals surface area contributed by atoms with Crippen LogP contribution in [0.5, 0.6) is 0 Å². The van der Waals surface area contributed by atoms with Crippen LogP contribution in [0.25, 0.3) is 5.65 Å². The number of nitrogens with two attached hydrogens (primary N) is 1. The van der Waals surface area contributed by atoms with Crippen molar-refractivity contribution in [2.45, 2.75) is 33.2 Å². The van der Waals surface area contributed by atoms with Gasteiger partial charge in [-0.1, -0.05) is 20.8 Å². The lowest BCUT2D eigenvalue weighted by molar-refractivity contribution is 0.235. The van der Waals surface area contributed by atoms with Crippen molar-refractivity contribution in [2.24, 2.45) is 11.3 Å². The number of aliphatic hydroxyl groups is 1. The van der Waals surface area contributed by atoms with Crippen LogP contribution in [0.4, 0.5) is 11.6 Å². The highest BCUT2D eigenvalue weighted by Crippen LogP contribution is 2.26. The van der Waals surface area contributed by atoms with Gasteiger partial charge in [0, 0.05) is 25.0 Å². The fourth-order valence-corrected chi connectivity index (χ4v) is 2.11. The average Bonchev–Trinajstić information content (AvgIpc) is 2.85. The Bertz CT molecular complexity index is 574. The first-order valence-corrected chi connectivity index (χ1v) is 6.63. The lowest BCUT2D eigenvalue weighted by Crippen LogP contribution is -2.35. The molecule has 0 spiro atoms. The standard InChI is InChI=1S/C13H22N6O/c1-13(2,3)9(4-7-20)16-11-12-15-5-6-19(12)8-10(17-11)18-14/h5-6,8-9,18,20H,4,7,14H2,1-3H3,(H,16,17). The van der Waals surface area contributed by atoms with E-state index in [9.17, 15) is 5.11 Å². The number of nitrogen functional groups attached to an aromatic ring is 1. The third kappa shape index (κ3) is 3.00. The van der Waals surface area contributed by atoms with Crippen molar-refractivity contribution in [3.63, 3.8) is 0 Å². The lowest BCUT2D eigenvalue weighted by atomic mass is 9.85. The minimum absolute atomic E-state index is 0.0137. The number of hydrazine groups is 1. The number of hydrogen-bond donors (Lipinski definition) is 4. The molecule has 0 saturated heterocycles. The van der Waals surface area contributed by atoms with Crippen LogP contribution in [0.1, 0.15) is 27.2 Å². The fourth-order valence-electron chi connectivity index (χ4n) is 2.11. The molecule has 0 saturated carbocycles. The zero-order valence-corrected chi connectivity index (χ0v) is 12.1. The Kier molecular flexibility index (Phi) is 4.10. The predicted molar refractivity (Wildman–Crippen MR) is 79.4 cm³/mol. The third-order valence-corrected chi connectivity index (χ3v) is 3.30. The number of fused-ring (bicyclic) bond motifs is 1. The third-order valence-electron chi connectivity index (χ3n) is 3.30.